The van der Waals surface area contributed by atoms with Gasteiger partial charge in [0.25, 0.3) is 5.91 Å². The van der Waals surface area contributed by atoms with Crippen molar-refractivity contribution in [1.29, 1.82) is 0 Å². The lowest BCUT2D eigenvalue weighted by Gasteiger charge is -2.12. The summed E-state index contributed by atoms with van der Waals surface area (Å²) in [5.41, 5.74) is 7.54. The SMILES string of the molecule is CC1=NN(c2cncc(N)c2)C(=O)C1C. The number of nitrogens with two attached hydrogens (primary N) is 1. The van der Waals surface area contributed by atoms with Crippen molar-refractivity contribution in [3.63, 3.8) is 0 Å². The molecule has 1 aromatic heterocycles. The van der Waals surface area contributed by atoms with Crippen LogP contribution < -0.4 is 10.7 Å². The van der Waals surface area contributed by atoms with Crippen molar-refractivity contribution in [2.45, 2.75) is 13.8 Å². The third kappa shape index (κ3) is 1.56. The molecule has 1 aliphatic heterocycles. The molecule has 0 spiro atoms. The largest absolute Gasteiger partial charge is 0.397 e. The van der Waals surface area contributed by atoms with E-state index >= 15 is 0 Å². The van der Waals surface area contributed by atoms with Crippen molar-refractivity contribution in [2.24, 2.45) is 11.0 Å². The summed E-state index contributed by atoms with van der Waals surface area (Å²) < 4.78 is 0. The first-order valence-corrected chi connectivity index (χ1v) is 4.69. The summed E-state index contributed by atoms with van der Waals surface area (Å²) in [6.07, 6.45) is 3.10. The van der Waals surface area contributed by atoms with E-state index in [-0.39, 0.29) is 11.8 Å². The summed E-state index contributed by atoms with van der Waals surface area (Å²) in [6.45, 7) is 3.67. The second kappa shape index (κ2) is 3.34. The second-order valence-corrected chi connectivity index (χ2v) is 3.59. The van der Waals surface area contributed by atoms with Crippen LogP contribution in [-0.4, -0.2) is 16.6 Å². The number of hydrogen-bond acceptors (Lipinski definition) is 4. The van der Waals surface area contributed by atoms with Gasteiger partial charge < -0.3 is 5.73 Å². The average molecular weight is 204 g/mol. The predicted octanol–water partition coefficient (Wildman–Crippen LogP) is 1.02. The normalized spacial score (nSPS) is 20.7. The van der Waals surface area contributed by atoms with Crippen LogP contribution in [0.15, 0.2) is 23.6 Å². The Balaban J connectivity index is 2.37. The van der Waals surface area contributed by atoms with Crippen molar-refractivity contribution < 1.29 is 4.79 Å². The minimum atomic E-state index is -0.161. The van der Waals surface area contributed by atoms with Gasteiger partial charge in [0.15, 0.2) is 0 Å². The number of hydrogen-bond donors (Lipinski definition) is 1. The maximum Gasteiger partial charge on any atom is 0.256 e. The third-order valence-electron chi connectivity index (χ3n) is 2.45. The van der Waals surface area contributed by atoms with Gasteiger partial charge in [0.05, 0.1) is 23.5 Å². The average Bonchev–Trinajstić information content (AvgIpc) is 2.46. The fourth-order valence-corrected chi connectivity index (χ4v) is 1.40. The van der Waals surface area contributed by atoms with Crippen LogP contribution in [0.3, 0.4) is 0 Å². The maximum absolute atomic E-state index is 11.8. The maximum atomic E-state index is 11.8. The molecule has 0 aliphatic carbocycles. The molecule has 0 aromatic carbocycles. The molecule has 0 fully saturated rings. The zero-order valence-corrected chi connectivity index (χ0v) is 8.64. The van der Waals surface area contributed by atoms with E-state index in [1.807, 2.05) is 13.8 Å². The summed E-state index contributed by atoms with van der Waals surface area (Å²) in [4.78, 5) is 15.7. The number of nitrogens with zero attached hydrogens (tertiary/aromatic N) is 3. The molecule has 78 valence electrons. The summed E-state index contributed by atoms with van der Waals surface area (Å²) in [7, 11) is 0. The Hall–Kier alpha value is -1.91. The molecule has 0 saturated heterocycles. The molecule has 1 aromatic rings. The number of pyridine rings is 1. The number of rotatable bonds is 1. The molecular formula is C10H12N4O. The Bertz CT molecular complexity index is 441. The van der Waals surface area contributed by atoms with Gasteiger partial charge in [-0.1, -0.05) is 0 Å². The second-order valence-electron chi connectivity index (χ2n) is 3.59. The number of aromatic nitrogens is 1. The Morgan fingerprint density at radius 1 is 1.47 bits per heavy atom. The van der Waals surface area contributed by atoms with E-state index in [2.05, 4.69) is 10.1 Å². The van der Waals surface area contributed by atoms with Crippen LogP contribution in [0.4, 0.5) is 11.4 Å². The van der Waals surface area contributed by atoms with E-state index in [9.17, 15) is 4.79 Å². The van der Waals surface area contributed by atoms with Gasteiger partial charge in [-0.15, -0.1) is 0 Å². The van der Waals surface area contributed by atoms with Crippen molar-refractivity contribution in [2.75, 3.05) is 10.7 Å². The van der Waals surface area contributed by atoms with Crippen molar-refractivity contribution in [3.8, 4) is 0 Å². The van der Waals surface area contributed by atoms with Gasteiger partial charge in [0.2, 0.25) is 0 Å². The van der Waals surface area contributed by atoms with Gasteiger partial charge in [-0.25, -0.2) is 0 Å². The first-order chi connectivity index (χ1) is 7.09. The van der Waals surface area contributed by atoms with E-state index in [1.54, 1.807) is 12.3 Å². The molecule has 15 heavy (non-hydrogen) atoms. The summed E-state index contributed by atoms with van der Waals surface area (Å²) in [5.74, 6) is -0.202. The van der Waals surface area contributed by atoms with Crippen LogP contribution in [0.2, 0.25) is 0 Å². The molecule has 1 atom stereocenters. The van der Waals surface area contributed by atoms with Gasteiger partial charge in [-0.05, 0) is 19.9 Å². The van der Waals surface area contributed by atoms with Crippen molar-refractivity contribution in [1.82, 2.24) is 4.98 Å². The molecule has 2 rings (SSSR count). The number of anilines is 2. The van der Waals surface area contributed by atoms with Crippen LogP contribution in [0.1, 0.15) is 13.8 Å². The van der Waals surface area contributed by atoms with Crippen LogP contribution >= 0.6 is 0 Å². The minimum Gasteiger partial charge on any atom is -0.397 e. The molecule has 1 aliphatic rings. The zero-order chi connectivity index (χ0) is 11.0. The lowest BCUT2D eigenvalue weighted by atomic mass is 10.1. The van der Waals surface area contributed by atoms with Crippen LogP contribution in [0.5, 0.6) is 0 Å². The number of carbonyl (C=O) groups excluding carboxylic acids is 1. The zero-order valence-electron chi connectivity index (χ0n) is 8.64. The fraction of sp³-hybridized carbons (Fsp3) is 0.300. The summed E-state index contributed by atoms with van der Waals surface area (Å²) in [5, 5.41) is 5.52. The van der Waals surface area contributed by atoms with Gasteiger partial charge in [0, 0.05) is 11.9 Å². The molecule has 0 radical (unpaired) electrons. The van der Waals surface area contributed by atoms with Crippen molar-refractivity contribution >= 4 is 23.0 Å². The molecule has 5 heteroatoms. The topological polar surface area (TPSA) is 71.6 Å². The molecular weight excluding hydrogens is 192 g/mol. The summed E-state index contributed by atoms with van der Waals surface area (Å²) in [6, 6.07) is 1.68. The van der Waals surface area contributed by atoms with E-state index in [0.717, 1.165) is 5.71 Å². The standard InChI is InChI=1S/C10H12N4O/c1-6-7(2)13-14(10(6)15)9-3-8(11)4-12-5-9/h3-6H,11H2,1-2H3. The molecule has 0 saturated carbocycles. The van der Waals surface area contributed by atoms with Gasteiger partial charge in [-0.2, -0.15) is 10.1 Å². The van der Waals surface area contributed by atoms with Crippen LogP contribution in [0.25, 0.3) is 0 Å². The number of nitrogen functional groups attached to an aromatic ring is 1. The number of hydrazone groups is 1. The molecule has 2 heterocycles. The Kier molecular flexibility index (Phi) is 2.15. The van der Waals surface area contributed by atoms with Crippen LogP contribution in [-0.2, 0) is 4.79 Å². The van der Waals surface area contributed by atoms with Gasteiger partial charge in [-0.3, -0.25) is 9.78 Å². The minimum absolute atomic E-state index is 0.0418. The molecule has 0 bridgehead atoms. The third-order valence-corrected chi connectivity index (χ3v) is 2.45. The highest BCUT2D eigenvalue weighted by molar-refractivity contribution is 6.14. The van der Waals surface area contributed by atoms with Gasteiger partial charge >= 0.3 is 0 Å². The molecule has 1 unspecified atom stereocenters. The first kappa shape index (κ1) is 9.64. The predicted molar refractivity (Wildman–Crippen MR) is 58.4 cm³/mol. The smallest absolute Gasteiger partial charge is 0.256 e. The highest BCUT2D eigenvalue weighted by Crippen LogP contribution is 2.23. The number of amides is 1. The monoisotopic (exact) mass is 204 g/mol. The Morgan fingerprint density at radius 3 is 2.73 bits per heavy atom. The molecule has 1 amide bonds. The van der Waals surface area contributed by atoms with E-state index in [0.29, 0.717) is 11.4 Å². The van der Waals surface area contributed by atoms with Crippen LogP contribution in [0, 0.1) is 5.92 Å². The first-order valence-electron chi connectivity index (χ1n) is 4.69. The summed E-state index contributed by atoms with van der Waals surface area (Å²) >= 11 is 0. The number of carbonyl (C=O) groups is 1. The van der Waals surface area contributed by atoms with E-state index < -0.39 is 0 Å². The highest BCUT2D eigenvalue weighted by atomic mass is 16.2. The van der Waals surface area contributed by atoms with E-state index in [4.69, 9.17) is 5.73 Å². The lowest BCUT2D eigenvalue weighted by molar-refractivity contribution is -0.119. The molecule has 5 nitrogen and oxygen atoms in total. The quantitative estimate of drug-likeness (QED) is 0.742. The highest BCUT2D eigenvalue weighted by Gasteiger charge is 2.30. The van der Waals surface area contributed by atoms with Crippen molar-refractivity contribution in [3.05, 3.63) is 18.5 Å². The van der Waals surface area contributed by atoms with Gasteiger partial charge in [0.1, 0.15) is 0 Å². The van der Waals surface area contributed by atoms with E-state index in [1.165, 1.54) is 11.2 Å². The lowest BCUT2D eigenvalue weighted by Crippen LogP contribution is -2.25. The molecule has 2 N–H and O–H groups in total. The Labute approximate surface area is 87.6 Å². The fourth-order valence-electron chi connectivity index (χ4n) is 1.40. The Morgan fingerprint density at radius 2 is 2.20 bits per heavy atom.